The van der Waals surface area contributed by atoms with Gasteiger partial charge in [0.25, 0.3) is 0 Å². The molecule has 3 N–H and O–H groups in total. The Morgan fingerprint density at radius 1 is 1.31 bits per heavy atom. The van der Waals surface area contributed by atoms with Crippen LogP contribution in [0.1, 0.15) is 6.42 Å². The zero-order valence-electron chi connectivity index (χ0n) is 6.69. The van der Waals surface area contributed by atoms with Crippen LogP contribution in [0.4, 0.5) is 0 Å². The van der Waals surface area contributed by atoms with E-state index < -0.39 is 23.9 Å². The van der Waals surface area contributed by atoms with Gasteiger partial charge in [-0.15, -0.1) is 6.58 Å². The number of carboxylic acid groups (broad SMARTS) is 2. The first-order valence-corrected chi connectivity index (χ1v) is 3.35. The molecule has 0 aromatic heterocycles. The Labute approximate surface area is 73.9 Å². The first-order chi connectivity index (χ1) is 5.99. The van der Waals surface area contributed by atoms with E-state index in [1.165, 1.54) is 6.08 Å². The fourth-order valence-electron chi connectivity index (χ4n) is 0.580. The zero-order chi connectivity index (χ0) is 10.4. The summed E-state index contributed by atoms with van der Waals surface area (Å²) >= 11 is 0. The van der Waals surface area contributed by atoms with E-state index in [2.05, 4.69) is 6.58 Å². The topological polar surface area (TPSA) is 104 Å². The van der Waals surface area contributed by atoms with Crippen LogP contribution in [0.15, 0.2) is 12.7 Å². The highest BCUT2D eigenvalue weighted by atomic mass is 16.4. The summed E-state index contributed by atoms with van der Waals surface area (Å²) in [5.74, 6) is -3.90. The first kappa shape index (κ1) is 11.2. The SMILES string of the molecule is C=CCC(=O)NC(C(=O)O)C(=O)O. The van der Waals surface area contributed by atoms with Gasteiger partial charge in [0.2, 0.25) is 11.9 Å². The van der Waals surface area contributed by atoms with Gasteiger partial charge in [-0.3, -0.25) is 4.79 Å². The molecule has 0 aromatic carbocycles. The maximum Gasteiger partial charge on any atom is 0.338 e. The monoisotopic (exact) mass is 187 g/mol. The molecule has 0 aliphatic carbocycles. The van der Waals surface area contributed by atoms with Crippen molar-refractivity contribution >= 4 is 17.8 Å². The number of carbonyl (C=O) groups excluding carboxylic acids is 1. The Balaban J connectivity index is 4.26. The molecule has 0 aromatic rings. The summed E-state index contributed by atoms with van der Waals surface area (Å²) < 4.78 is 0. The predicted molar refractivity (Wildman–Crippen MR) is 42.0 cm³/mol. The van der Waals surface area contributed by atoms with Gasteiger partial charge in [-0.1, -0.05) is 6.08 Å². The molecule has 0 unspecified atom stereocenters. The van der Waals surface area contributed by atoms with Gasteiger partial charge >= 0.3 is 11.9 Å². The van der Waals surface area contributed by atoms with E-state index in [0.717, 1.165) is 0 Å². The third-order valence-corrected chi connectivity index (χ3v) is 1.13. The second-order valence-corrected chi connectivity index (χ2v) is 2.17. The molecule has 0 aliphatic heterocycles. The second-order valence-electron chi connectivity index (χ2n) is 2.17. The maximum atomic E-state index is 10.8. The summed E-state index contributed by atoms with van der Waals surface area (Å²) in [6, 6.07) is -1.90. The van der Waals surface area contributed by atoms with Crippen molar-refractivity contribution < 1.29 is 24.6 Å². The van der Waals surface area contributed by atoms with E-state index in [1.807, 2.05) is 5.32 Å². The van der Waals surface area contributed by atoms with Gasteiger partial charge in [0.05, 0.1) is 0 Å². The lowest BCUT2D eigenvalue weighted by Gasteiger charge is -2.08. The van der Waals surface area contributed by atoms with Crippen LogP contribution < -0.4 is 5.32 Å². The molecule has 13 heavy (non-hydrogen) atoms. The molecule has 0 saturated heterocycles. The molecule has 0 radical (unpaired) electrons. The van der Waals surface area contributed by atoms with E-state index in [0.29, 0.717) is 0 Å². The Morgan fingerprint density at radius 3 is 2.08 bits per heavy atom. The lowest BCUT2D eigenvalue weighted by molar-refractivity contribution is -0.153. The van der Waals surface area contributed by atoms with Gasteiger partial charge in [-0.25, -0.2) is 9.59 Å². The summed E-state index contributed by atoms with van der Waals surface area (Å²) in [6.45, 7) is 3.24. The average Bonchev–Trinajstić information content (AvgIpc) is 1.99. The Morgan fingerprint density at radius 2 is 1.77 bits per heavy atom. The van der Waals surface area contributed by atoms with Crippen LogP contribution >= 0.6 is 0 Å². The Bertz CT molecular complexity index is 233. The Kier molecular flexibility index (Phi) is 4.21. The van der Waals surface area contributed by atoms with Gasteiger partial charge in [0.15, 0.2) is 0 Å². The highest BCUT2D eigenvalue weighted by Crippen LogP contribution is 1.87. The summed E-state index contributed by atoms with van der Waals surface area (Å²) in [4.78, 5) is 31.3. The van der Waals surface area contributed by atoms with Gasteiger partial charge in [-0.2, -0.15) is 0 Å². The smallest absolute Gasteiger partial charge is 0.338 e. The quantitative estimate of drug-likeness (QED) is 0.386. The third-order valence-electron chi connectivity index (χ3n) is 1.13. The van der Waals surface area contributed by atoms with Crippen molar-refractivity contribution in [1.82, 2.24) is 5.32 Å². The summed E-state index contributed by atoms with van der Waals surface area (Å²) in [7, 11) is 0. The minimum atomic E-state index is -1.90. The molecule has 0 saturated carbocycles. The zero-order valence-corrected chi connectivity index (χ0v) is 6.69. The number of carbonyl (C=O) groups is 3. The number of nitrogens with one attached hydrogen (secondary N) is 1. The third kappa shape index (κ3) is 3.90. The van der Waals surface area contributed by atoms with Crippen LogP contribution in [0.25, 0.3) is 0 Å². The molecule has 1 amide bonds. The van der Waals surface area contributed by atoms with Crippen LogP contribution in [-0.2, 0) is 14.4 Å². The normalized spacial score (nSPS) is 9.31. The lowest BCUT2D eigenvalue weighted by atomic mass is 10.3. The van der Waals surface area contributed by atoms with Crippen molar-refractivity contribution in [2.45, 2.75) is 12.5 Å². The molecule has 6 nitrogen and oxygen atoms in total. The number of aliphatic carboxylic acids is 2. The van der Waals surface area contributed by atoms with Gasteiger partial charge < -0.3 is 15.5 Å². The van der Waals surface area contributed by atoms with Gasteiger partial charge in [-0.05, 0) is 0 Å². The molecule has 0 aliphatic rings. The van der Waals surface area contributed by atoms with Crippen LogP contribution in [0.5, 0.6) is 0 Å². The number of rotatable bonds is 5. The molecule has 0 rings (SSSR count). The summed E-state index contributed by atoms with van der Waals surface area (Å²) in [5.41, 5.74) is 0. The maximum absolute atomic E-state index is 10.8. The van der Waals surface area contributed by atoms with Crippen molar-refractivity contribution in [2.24, 2.45) is 0 Å². The van der Waals surface area contributed by atoms with Crippen molar-refractivity contribution in [2.75, 3.05) is 0 Å². The number of hydrogen-bond acceptors (Lipinski definition) is 3. The fourth-order valence-corrected chi connectivity index (χ4v) is 0.580. The molecule has 0 atom stereocenters. The van der Waals surface area contributed by atoms with E-state index in [4.69, 9.17) is 10.2 Å². The predicted octanol–water partition coefficient (Wildman–Crippen LogP) is -0.783. The van der Waals surface area contributed by atoms with Crippen molar-refractivity contribution in [3.63, 3.8) is 0 Å². The van der Waals surface area contributed by atoms with Crippen LogP contribution in [0, 0.1) is 0 Å². The molecule has 0 heterocycles. The lowest BCUT2D eigenvalue weighted by Crippen LogP contribution is -2.46. The van der Waals surface area contributed by atoms with Crippen LogP contribution in [0.2, 0.25) is 0 Å². The van der Waals surface area contributed by atoms with Gasteiger partial charge in [0, 0.05) is 6.42 Å². The molecule has 72 valence electrons. The summed E-state index contributed by atoms with van der Waals surface area (Å²) in [6.07, 6.45) is 1.13. The van der Waals surface area contributed by atoms with E-state index in [1.54, 1.807) is 0 Å². The summed E-state index contributed by atoms with van der Waals surface area (Å²) in [5, 5.41) is 18.5. The number of hydrogen-bond donors (Lipinski definition) is 3. The van der Waals surface area contributed by atoms with Crippen LogP contribution in [-0.4, -0.2) is 34.1 Å². The fraction of sp³-hybridized carbons (Fsp3) is 0.286. The molecular formula is C7H9NO5. The highest BCUT2D eigenvalue weighted by Gasteiger charge is 2.26. The molecule has 0 fully saturated rings. The standard InChI is InChI=1S/C7H9NO5/c1-2-3-4(9)8-5(6(10)11)7(12)13/h2,5H,1,3H2,(H,8,9)(H,10,11)(H,12,13). The molecular weight excluding hydrogens is 178 g/mol. The van der Waals surface area contributed by atoms with Crippen molar-refractivity contribution in [3.8, 4) is 0 Å². The minimum Gasteiger partial charge on any atom is -0.479 e. The van der Waals surface area contributed by atoms with Crippen molar-refractivity contribution in [3.05, 3.63) is 12.7 Å². The minimum absolute atomic E-state index is 0.114. The van der Waals surface area contributed by atoms with Crippen LogP contribution in [0.3, 0.4) is 0 Å². The number of carboxylic acids is 2. The van der Waals surface area contributed by atoms with E-state index >= 15 is 0 Å². The van der Waals surface area contributed by atoms with E-state index in [-0.39, 0.29) is 6.42 Å². The largest absolute Gasteiger partial charge is 0.479 e. The Hall–Kier alpha value is -1.85. The molecule has 0 bridgehead atoms. The van der Waals surface area contributed by atoms with Crippen molar-refractivity contribution in [1.29, 1.82) is 0 Å². The van der Waals surface area contributed by atoms with E-state index in [9.17, 15) is 14.4 Å². The second kappa shape index (κ2) is 4.91. The molecule has 0 spiro atoms. The average molecular weight is 187 g/mol. The van der Waals surface area contributed by atoms with Gasteiger partial charge in [0.1, 0.15) is 0 Å². The molecule has 6 heteroatoms. The highest BCUT2D eigenvalue weighted by molar-refractivity contribution is 6.00. The number of amides is 1. The first-order valence-electron chi connectivity index (χ1n) is 3.35.